The molecule has 0 bridgehead atoms. The molecule has 0 saturated carbocycles. The minimum Gasteiger partial charge on any atom is -0.480 e. The molecule has 0 aliphatic carbocycles. The lowest BCUT2D eigenvalue weighted by Gasteiger charge is -2.38. The van der Waals surface area contributed by atoms with E-state index < -0.39 is 5.97 Å². The van der Waals surface area contributed by atoms with E-state index in [1.54, 1.807) is 6.33 Å². The highest BCUT2D eigenvalue weighted by Gasteiger charge is 2.30. The van der Waals surface area contributed by atoms with Crippen molar-refractivity contribution in [3.63, 3.8) is 0 Å². The van der Waals surface area contributed by atoms with Crippen LogP contribution in [0, 0.1) is 5.92 Å². The van der Waals surface area contributed by atoms with E-state index in [0.717, 1.165) is 32.1 Å². The Morgan fingerprint density at radius 2 is 2.00 bits per heavy atom. The average molecular weight is 281 g/mol. The maximum Gasteiger partial charge on any atom is 0.320 e. The van der Waals surface area contributed by atoms with Crippen LogP contribution in [0.5, 0.6) is 0 Å². The van der Waals surface area contributed by atoms with Gasteiger partial charge in [0, 0.05) is 33.2 Å². The van der Waals surface area contributed by atoms with Crippen LogP contribution >= 0.6 is 0 Å². The number of hydrogen-bond donors (Lipinski definition) is 1. The Bertz CT molecular complexity index is 451. The third kappa shape index (κ3) is 3.27. The molecular formula is C13H23N5O2. The Morgan fingerprint density at radius 1 is 1.35 bits per heavy atom. The quantitative estimate of drug-likeness (QED) is 0.844. The summed E-state index contributed by atoms with van der Waals surface area (Å²) in [5, 5.41) is 17.4. The number of hydrogen-bond acceptors (Lipinski definition) is 5. The molecule has 1 unspecified atom stereocenters. The van der Waals surface area contributed by atoms with Gasteiger partial charge in [0.05, 0.1) is 0 Å². The molecule has 2 rings (SSSR count). The minimum absolute atomic E-state index is 0.378. The number of piperazine rings is 1. The number of aryl methyl sites for hydroxylation is 1. The van der Waals surface area contributed by atoms with Crippen LogP contribution in [0.15, 0.2) is 6.33 Å². The van der Waals surface area contributed by atoms with Crippen molar-refractivity contribution in [1.82, 2.24) is 19.7 Å². The van der Waals surface area contributed by atoms with E-state index in [2.05, 4.69) is 33.8 Å². The molecule has 0 spiro atoms. The highest BCUT2D eigenvalue weighted by atomic mass is 16.4. The van der Waals surface area contributed by atoms with Gasteiger partial charge in [0.15, 0.2) is 0 Å². The minimum atomic E-state index is -0.717. The van der Waals surface area contributed by atoms with Gasteiger partial charge in [-0.15, -0.1) is 10.2 Å². The summed E-state index contributed by atoms with van der Waals surface area (Å²) in [6.07, 6.45) is 2.37. The summed E-state index contributed by atoms with van der Waals surface area (Å²) in [7, 11) is 1.92. The van der Waals surface area contributed by atoms with Gasteiger partial charge in [-0.1, -0.05) is 13.8 Å². The molecule has 7 heteroatoms. The van der Waals surface area contributed by atoms with Crippen LogP contribution in [-0.2, 0) is 11.8 Å². The van der Waals surface area contributed by atoms with Gasteiger partial charge in [-0.2, -0.15) is 0 Å². The third-order valence-electron chi connectivity index (χ3n) is 3.71. The largest absolute Gasteiger partial charge is 0.480 e. The number of carbonyl (C=O) groups is 1. The highest BCUT2D eigenvalue weighted by Crippen LogP contribution is 2.17. The molecule has 1 saturated heterocycles. The van der Waals surface area contributed by atoms with Gasteiger partial charge in [0.1, 0.15) is 12.4 Å². The van der Waals surface area contributed by atoms with Gasteiger partial charge < -0.3 is 14.6 Å². The molecule has 0 radical (unpaired) electrons. The van der Waals surface area contributed by atoms with Gasteiger partial charge in [-0.05, 0) is 12.3 Å². The summed E-state index contributed by atoms with van der Waals surface area (Å²) in [6, 6.07) is -0.378. The second-order valence-corrected chi connectivity index (χ2v) is 5.75. The summed E-state index contributed by atoms with van der Waals surface area (Å²) >= 11 is 0. The molecule has 1 aromatic heterocycles. The Labute approximate surface area is 119 Å². The van der Waals surface area contributed by atoms with Crippen molar-refractivity contribution in [1.29, 1.82) is 0 Å². The molecule has 1 fully saturated rings. The second-order valence-electron chi connectivity index (χ2n) is 5.75. The fourth-order valence-corrected chi connectivity index (χ4v) is 2.65. The lowest BCUT2D eigenvalue weighted by molar-refractivity contribution is -0.144. The normalized spacial score (nSPS) is 18.5. The molecule has 1 aliphatic heterocycles. The van der Waals surface area contributed by atoms with Crippen molar-refractivity contribution in [2.45, 2.75) is 26.3 Å². The molecule has 0 amide bonds. The highest BCUT2D eigenvalue weighted by molar-refractivity contribution is 5.73. The third-order valence-corrected chi connectivity index (χ3v) is 3.71. The zero-order chi connectivity index (χ0) is 14.7. The first-order chi connectivity index (χ1) is 9.49. The van der Waals surface area contributed by atoms with E-state index >= 15 is 0 Å². The second kappa shape index (κ2) is 6.21. The van der Waals surface area contributed by atoms with Crippen molar-refractivity contribution in [3.05, 3.63) is 6.33 Å². The molecule has 1 aliphatic rings. The van der Waals surface area contributed by atoms with E-state index in [9.17, 15) is 9.90 Å². The zero-order valence-electron chi connectivity index (χ0n) is 12.4. The van der Waals surface area contributed by atoms with Gasteiger partial charge in [-0.25, -0.2) is 0 Å². The number of nitrogens with zero attached hydrogens (tertiary/aromatic N) is 5. The number of carboxylic acids is 1. The van der Waals surface area contributed by atoms with E-state index in [4.69, 9.17) is 0 Å². The predicted octanol–water partition coefficient (Wildman–Crippen LogP) is 0.436. The Hall–Kier alpha value is -1.63. The van der Waals surface area contributed by atoms with Crippen molar-refractivity contribution in [2.24, 2.45) is 13.0 Å². The monoisotopic (exact) mass is 281 g/mol. The summed E-state index contributed by atoms with van der Waals surface area (Å²) in [4.78, 5) is 15.6. The summed E-state index contributed by atoms with van der Waals surface area (Å²) < 4.78 is 1.89. The number of carboxylic acid groups (broad SMARTS) is 1. The average Bonchev–Trinajstić information content (AvgIpc) is 2.82. The lowest BCUT2D eigenvalue weighted by atomic mass is 10.0. The SMILES string of the molecule is CC(C)CC(C(=O)O)N1CCN(c2nncn2C)CC1. The van der Waals surface area contributed by atoms with Crippen molar-refractivity contribution >= 4 is 11.9 Å². The van der Waals surface area contributed by atoms with Crippen LogP contribution in [-0.4, -0.2) is 63.0 Å². The lowest BCUT2D eigenvalue weighted by Crippen LogP contribution is -2.53. The van der Waals surface area contributed by atoms with Crippen molar-refractivity contribution < 1.29 is 9.90 Å². The first kappa shape index (κ1) is 14.8. The van der Waals surface area contributed by atoms with Gasteiger partial charge in [0.25, 0.3) is 0 Å². The topological polar surface area (TPSA) is 74.5 Å². The molecule has 7 nitrogen and oxygen atoms in total. The first-order valence-electron chi connectivity index (χ1n) is 7.05. The molecule has 112 valence electrons. The van der Waals surface area contributed by atoms with Crippen molar-refractivity contribution in [3.8, 4) is 0 Å². The molecule has 1 aromatic rings. The Morgan fingerprint density at radius 3 is 2.45 bits per heavy atom. The van der Waals surface area contributed by atoms with Gasteiger partial charge in [-0.3, -0.25) is 9.69 Å². The fraction of sp³-hybridized carbons (Fsp3) is 0.769. The maximum absolute atomic E-state index is 11.4. The van der Waals surface area contributed by atoms with E-state index in [1.807, 2.05) is 11.6 Å². The maximum atomic E-state index is 11.4. The fourth-order valence-electron chi connectivity index (χ4n) is 2.65. The van der Waals surface area contributed by atoms with E-state index in [-0.39, 0.29) is 6.04 Å². The van der Waals surface area contributed by atoms with E-state index in [0.29, 0.717) is 12.3 Å². The number of rotatable bonds is 5. The van der Waals surface area contributed by atoms with Gasteiger partial charge >= 0.3 is 5.97 Å². The smallest absolute Gasteiger partial charge is 0.320 e. The van der Waals surface area contributed by atoms with Gasteiger partial charge in [0.2, 0.25) is 5.95 Å². The van der Waals surface area contributed by atoms with Crippen LogP contribution in [0.3, 0.4) is 0 Å². The molecule has 1 N–H and O–H groups in total. The molecule has 20 heavy (non-hydrogen) atoms. The van der Waals surface area contributed by atoms with Crippen LogP contribution in [0.4, 0.5) is 5.95 Å². The number of anilines is 1. The Kier molecular flexibility index (Phi) is 4.59. The number of aromatic nitrogens is 3. The standard InChI is InChI=1S/C13H23N5O2/c1-10(2)8-11(12(19)20)17-4-6-18(7-5-17)13-15-14-9-16(13)3/h9-11H,4-8H2,1-3H3,(H,19,20). The summed E-state index contributed by atoms with van der Waals surface area (Å²) in [6.45, 7) is 7.19. The van der Waals surface area contributed by atoms with Crippen LogP contribution in [0.1, 0.15) is 20.3 Å². The predicted molar refractivity (Wildman–Crippen MR) is 75.7 cm³/mol. The summed E-state index contributed by atoms with van der Waals surface area (Å²) in [5.74, 6) is 0.513. The van der Waals surface area contributed by atoms with Crippen molar-refractivity contribution in [2.75, 3.05) is 31.1 Å². The number of aliphatic carboxylic acids is 1. The van der Waals surface area contributed by atoms with E-state index in [1.165, 1.54) is 0 Å². The summed E-state index contributed by atoms with van der Waals surface area (Å²) in [5.41, 5.74) is 0. The molecule has 1 atom stereocenters. The van der Waals surface area contributed by atoms with Crippen LogP contribution in [0.25, 0.3) is 0 Å². The Balaban J connectivity index is 1.96. The van der Waals surface area contributed by atoms with Crippen LogP contribution < -0.4 is 4.90 Å². The first-order valence-corrected chi connectivity index (χ1v) is 7.05. The molecular weight excluding hydrogens is 258 g/mol. The zero-order valence-corrected chi connectivity index (χ0v) is 12.4. The molecule has 2 heterocycles. The molecule has 0 aromatic carbocycles. The van der Waals surface area contributed by atoms with Crippen LogP contribution in [0.2, 0.25) is 0 Å².